The Morgan fingerprint density at radius 2 is 1.69 bits per heavy atom. The van der Waals surface area contributed by atoms with Crippen LogP contribution in [0.5, 0.6) is 11.5 Å². The van der Waals surface area contributed by atoms with E-state index in [2.05, 4.69) is 0 Å². The molecule has 0 spiro atoms. The molecule has 0 unspecified atom stereocenters. The number of esters is 1. The maximum atomic E-state index is 12.3. The van der Waals surface area contributed by atoms with Crippen LogP contribution in [0.4, 0.5) is 0 Å². The highest BCUT2D eigenvalue weighted by Crippen LogP contribution is 2.25. The molecule has 7 heteroatoms. The summed E-state index contributed by atoms with van der Waals surface area (Å²) in [5, 5.41) is 0.859. The van der Waals surface area contributed by atoms with Gasteiger partial charge in [-0.3, -0.25) is 4.79 Å². The minimum atomic E-state index is -1.27. The second kappa shape index (κ2) is 8.43. The minimum Gasteiger partial charge on any atom is -0.495 e. The molecule has 26 heavy (non-hydrogen) atoms. The number of Topliss-reactive ketones (excluding diaryl/α,β-unsaturated/α-hetero) is 1. The number of benzene rings is 2. The lowest BCUT2D eigenvalue weighted by atomic mass is 10.1. The quantitative estimate of drug-likeness (QED) is 0.505. The lowest BCUT2D eigenvalue weighted by molar-refractivity contribution is -0.158. The van der Waals surface area contributed by atoms with Crippen molar-refractivity contribution in [1.29, 1.82) is 0 Å². The normalized spacial score (nSPS) is 11.0. The molecule has 0 aliphatic heterocycles. The average molecular weight is 397 g/mol. The second-order valence-corrected chi connectivity index (χ2v) is 6.76. The average Bonchev–Trinajstić information content (AvgIpc) is 2.61. The van der Waals surface area contributed by atoms with Crippen molar-refractivity contribution in [3.8, 4) is 11.5 Å². The third kappa shape index (κ3) is 5.13. The summed E-state index contributed by atoms with van der Waals surface area (Å²) < 4.78 is 15.8. The van der Waals surface area contributed by atoms with Crippen molar-refractivity contribution in [1.82, 2.24) is 0 Å². The van der Waals surface area contributed by atoms with E-state index in [0.717, 1.165) is 0 Å². The number of carbonyl (C=O) groups excluding carboxylic acids is 2. The maximum Gasteiger partial charge on any atom is 0.350 e. The molecular weight excluding hydrogens is 379 g/mol. The molecule has 0 radical (unpaired) electrons. The minimum absolute atomic E-state index is 0.302. The Kier molecular flexibility index (Phi) is 6.51. The van der Waals surface area contributed by atoms with Crippen molar-refractivity contribution in [3.05, 3.63) is 58.1 Å². The molecule has 0 aliphatic carbocycles. The van der Waals surface area contributed by atoms with Crippen molar-refractivity contribution >= 4 is 35.0 Å². The maximum absolute atomic E-state index is 12.3. The molecule has 2 aromatic rings. The van der Waals surface area contributed by atoms with Gasteiger partial charge in [-0.1, -0.05) is 23.2 Å². The molecule has 0 aliphatic rings. The first-order chi connectivity index (χ1) is 12.2. The van der Waals surface area contributed by atoms with Gasteiger partial charge in [-0.15, -0.1) is 0 Å². The molecule has 5 nitrogen and oxygen atoms in total. The monoisotopic (exact) mass is 396 g/mol. The fourth-order valence-electron chi connectivity index (χ4n) is 2.07. The second-order valence-electron chi connectivity index (χ2n) is 5.91. The van der Waals surface area contributed by atoms with Crippen LogP contribution >= 0.6 is 23.2 Å². The third-order valence-corrected chi connectivity index (χ3v) is 4.03. The van der Waals surface area contributed by atoms with E-state index in [4.69, 9.17) is 37.4 Å². The van der Waals surface area contributed by atoms with Crippen LogP contribution in [-0.2, 0) is 9.53 Å². The summed E-state index contributed by atoms with van der Waals surface area (Å²) in [5.41, 5.74) is -0.953. The van der Waals surface area contributed by atoms with Crippen LogP contribution < -0.4 is 9.47 Å². The van der Waals surface area contributed by atoms with E-state index in [0.29, 0.717) is 27.1 Å². The fourth-order valence-corrected chi connectivity index (χ4v) is 2.45. The fraction of sp³-hybridized carbons (Fsp3) is 0.263. The van der Waals surface area contributed by atoms with E-state index in [1.54, 1.807) is 50.2 Å². The highest BCUT2D eigenvalue weighted by Gasteiger charge is 2.32. The predicted octanol–water partition coefficient (Wildman–Crippen LogP) is 4.59. The number of ketones is 1. The number of hydrogen-bond donors (Lipinski definition) is 0. The van der Waals surface area contributed by atoms with Crippen molar-refractivity contribution < 1.29 is 23.8 Å². The molecule has 0 heterocycles. The van der Waals surface area contributed by atoms with Crippen LogP contribution in [-0.4, -0.2) is 31.1 Å². The number of carbonyl (C=O) groups is 2. The Morgan fingerprint density at radius 1 is 1.04 bits per heavy atom. The number of ether oxygens (including phenoxy) is 3. The lowest BCUT2D eigenvalue weighted by Crippen LogP contribution is -2.40. The van der Waals surface area contributed by atoms with Gasteiger partial charge >= 0.3 is 5.97 Å². The lowest BCUT2D eigenvalue weighted by Gasteiger charge is -2.24. The van der Waals surface area contributed by atoms with Gasteiger partial charge < -0.3 is 14.2 Å². The van der Waals surface area contributed by atoms with E-state index < -0.39 is 18.2 Å². The molecule has 0 N–H and O–H groups in total. The topological polar surface area (TPSA) is 61.8 Å². The van der Waals surface area contributed by atoms with Gasteiger partial charge in [0.2, 0.25) is 0 Å². The Hall–Kier alpha value is -2.24. The van der Waals surface area contributed by atoms with Gasteiger partial charge in [-0.05, 0) is 56.3 Å². The largest absolute Gasteiger partial charge is 0.495 e. The standard InChI is InChI=1S/C19H18Cl2O5/c1-19(2,26-14-7-5-13(20)6-8-14)18(23)25-11-16(22)12-4-9-17(24-3)15(21)10-12/h4-10H,11H2,1-3H3. The van der Waals surface area contributed by atoms with Crippen LogP contribution in [0, 0.1) is 0 Å². The highest BCUT2D eigenvalue weighted by molar-refractivity contribution is 6.32. The SMILES string of the molecule is COc1ccc(C(=O)COC(=O)C(C)(C)Oc2ccc(Cl)cc2)cc1Cl. The Balaban J connectivity index is 1.96. The molecule has 0 saturated carbocycles. The van der Waals surface area contributed by atoms with Crippen molar-refractivity contribution in [2.24, 2.45) is 0 Å². The van der Waals surface area contributed by atoms with Crippen LogP contribution in [0.3, 0.4) is 0 Å². The van der Waals surface area contributed by atoms with E-state index in [1.165, 1.54) is 13.2 Å². The summed E-state index contributed by atoms with van der Waals surface area (Å²) in [6, 6.07) is 11.2. The molecule has 0 atom stereocenters. The van der Waals surface area contributed by atoms with E-state index in [9.17, 15) is 9.59 Å². The van der Waals surface area contributed by atoms with Gasteiger partial charge in [-0.25, -0.2) is 4.79 Å². The molecule has 0 aromatic heterocycles. The van der Waals surface area contributed by atoms with Crippen LogP contribution in [0.15, 0.2) is 42.5 Å². The van der Waals surface area contributed by atoms with E-state index in [1.807, 2.05) is 0 Å². The van der Waals surface area contributed by atoms with Gasteiger partial charge in [0.05, 0.1) is 12.1 Å². The Bertz CT molecular complexity index is 800. The zero-order valence-electron chi connectivity index (χ0n) is 14.5. The number of halogens is 2. The first-order valence-electron chi connectivity index (χ1n) is 7.71. The molecule has 2 rings (SSSR count). The molecule has 0 bridgehead atoms. The molecule has 138 valence electrons. The van der Waals surface area contributed by atoms with E-state index in [-0.39, 0.29) is 5.78 Å². The smallest absolute Gasteiger partial charge is 0.350 e. The van der Waals surface area contributed by atoms with Gasteiger partial charge in [0.25, 0.3) is 0 Å². The summed E-state index contributed by atoms with van der Waals surface area (Å²) in [6.45, 7) is 2.69. The molecule has 0 saturated heterocycles. The Labute approximate surface area is 161 Å². The summed E-state index contributed by atoms with van der Waals surface area (Å²) >= 11 is 11.8. The zero-order chi connectivity index (χ0) is 19.3. The van der Waals surface area contributed by atoms with Gasteiger partial charge in [0.15, 0.2) is 18.0 Å². The number of hydrogen-bond acceptors (Lipinski definition) is 5. The van der Waals surface area contributed by atoms with Crippen molar-refractivity contribution in [2.45, 2.75) is 19.4 Å². The molecule has 2 aromatic carbocycles. The Morgan fingerprint density at radius 3 is 2.27 bits per heavy atom. The summed E-state index contributed by atoms with van der Waals surface area (Å²) in [5.74, 6) is -0.132. The van der Waals surface area contributed by atoms with Gasteiger partial charge in [0.1, 0.15) is 11.5 Å². The van der Waals surface area contributed by atoms with Crippen molar-refractivity contribution in [3.63, 3.8) is 0 Å². The van der Waals surface area contributed by atoms with Gasteiger partial charge in [-0.2, -0.15) is 0 Å². The first-order valence-corrected chi connectivity index (χ1v) is 8.47. The molecule has 0 fully saturated rings. The highest BCUT2D eigenvalue weighted by atomic mass is 35.5. The number of rotatable bonds is 7. The summed E-state index contributed by atoms with van der Waals surface area (Å²) in [6.07, 6.45) is 0. The van der Waals surface area contributed by atoms with Crippen LogP contribution in [0.25, 0.3) is 0 Å². The van der Waals surface area contributed by atoms with E-state index >= 15 is 0 Å². The molecule has 0 amide bonds. The van der Waals surface area contributed by atoms with Crippen LogP contribution in [0.1, 0.15) is 24.2 Å². The summed E-state index contributed by atoms with van der Waals surface area (Å²) in [4.78, 5) is 24.5. The zero-order valence-corrected chi connectivity index (χ0v) is 16.1. The van der Waals surface area contributed by atoms with Gasteiger partial charge in [0, 0.05) is 10.6 Å². The predicted molar refractivity (Wildman–Crippen MR) is 99.5 cm³/mol. The van der Waals surface area contributed by atoms with Crippen molar-refractivity contribution in [2.75, 3.05) is 13.7 Å². The first kappa shape index (κ1) is 20.1. The summed E-state index contributed by atoms with van der Waals surface area (Å²) in [7, 11) is 1.48. The molecular formula is C19H18Cl2O5. The van der Waals surface area contributed by atoms with Crippen LogP contribution in [0.2, 0.25) is 10.0 Å². The third-order valence-electron chi connectivity index (χ3n) is 3.49. The number of methoxy groups -OCH3 is 1.